The summed E-state index contributed by atoms with van der Waals surface area (Å²) < 4.78 is 6.26. The summed E-state index contributed by atoms with van der Waals surface area (Å²) in [7, 11) is 0. The number of carbonyl (C=O) groups is 1. The van der Waals surface area contributed by atoms with Crippen LogP contribution in [0, 0.1) is 13.7 Å². The molecule has 0 saturated carbocycles. The molecule has 0 saturated heterocycles. The quantitative estimate of drug-likeness (QED) is 0.229. The van der Waals surface area contributed by atoms with E-state index in [1.807, 2.05) is 24.3 Å². The zero-order valence-corrected chi connectivity index (χ0v) is 16.5. The molecule has 0 spiro atoms. The minimum Gasteiger partial charge on any atom is -0.500 e. The molecule has 10 heteroatoms. The highest BCUT2D eigenvalue weighted by Gasteiger charge is 2.19. The fourth-order valence-corrected chi connectivity index (χ4v) is 2.42. The molecule has 0 aromatic heterocycles. The van der Waals surface area contributed by atoms with Crippen LogP contribution in [0.2, 0.25) is 0 Å². The van der Waals surface area contributed by atoms with Gasteiger partial charge in [-0.1, -0.05) is 0 Å². The van der Waals surface area contributed by atoms with Crippen LogP contribution in [0.5, 0.6) is 11.5 Å². The molecule has 0 fully saturated rings. The van der Waals surface area contributed by atoms with Crippen LogP contribution in [-0.4, -0.2) is 35.3 Å². The minimum atomic E-state index is -0.723. The molecule has 27 heavy (non-hydrogen) atoms. The number of amides is 1. The molecule has 2 rings (SSSR count). The Balaban J connectivity index is 1.99. The molecule has 0 bridgehead atoms. The van der Waals surface area contributed by atoms with Gasteiger partial charge in [-0.05, 0) is 59.8 Å². The van der Waals surface area contributed by atoms with Crippen molar-refractivity contribution in [2.24, 2.45) is 5.10 Å². The molecule has 142 valence electrons. The lowest BCUT2D eigenvalue weighted by Gasteiger charge is -2.07. The van der Waals surface area contributed by atoms with Crippen molar-refractivity contribution in [2.75, 3.05) is 18.5 Å². The lowest BCUT2D eigenvalue weighted by Crippen LogP contribution is -2.25. The largest absolute Gasteiger partial charge is 0.500 e. The van der Waals surface area contributed by atoms with Gasteiger partial charge in [0.1, 0.15) is 0 Å². The number of phenolic OH excluding ortho intramolecular Hbond substituents is 1. The van der Waals surface area contributed by atoms with Gasteiger partial charge in [-0.3, -0.25) is 14.9 Å². The zero-order valence-electron chi connectivity index (χ0n) is 14.3. The van der Waals surface area contributed by atoms with Gasteiger partial charge in [-0.25, -0.2) is 5.43 Å². The molecule has 0 unspecified atom stereocenters. The number of carbonyl (C=O) groups excluding carboxylic acids is 1. The summed E-state index contributed by atoms with van der Waals surface area (Å²) >= 11 is 2.18. The van der Waals surface area contributed by atoms with Gasteiger partial charge in [0.05, 0.1) is 24.3 Å². The van der Waals surface area contributed by atoms with Crippen LogP contribution in [0.4, 0.5) is 11.4 Å². The Morgan fingerprint density at radius 1 is 1.37 bits per heavy atom. The number of nitrogens with one attached hydrogen (secondary N) is 2. The van der Waals surface area contributed by atoms with Crippen molar-refractivity contribution in [1.29, 1.82) is 0 Å². The van der Waals surface area contributed by atoms with Crippen molar-refractivity contribution in [2.45, 2.75) is 6.92 Å². The van der Waals surface area contributed by atoms with Gasteiger partial charge >= 0.3 is 5.69 Å². The first-order chi connectivity index (χ1) is 12.9. The number of hydrazone groups is 1. The van der Waals surface area contributed by atoms with E-state index >= 15 is 0 Å². The number of benzene rings is 2. The second-order valence-electron chi connectivity index (χ2n) is 5.23. The van der Waals surface area contributed by atoms with E-state index in [2.05, 4.69) is 38.4 Å². The number of anilines is 1. The second-order valence-corrected chi connectivity index (χ2v) is 6.48. The van der Waals surface area contributed by atoms with E-state index in [0.717, 1.165) is 15.3 Å². The lowest BCUT2D eigenvalue weighted by molar-refractivity contribution is -0.386. The van der Waals surface area contributed by atoms with Gasteiger partial charge in [-0.2, -0.15) is 5.10 Å². The first kappa shape index (κ1) is 20.4. The van der Waals surface area contributed by atoms with E-state index in [0.29, 0.717) is 5.56 Å². The third kappa shape index (κ3) is 6.09. The van der Waals surface area contributed by atoms with Crippen molar-refractivity contribution in [3.8, 4) is 11.5 Å². The molecule has 9 nitrogen and oxygen atoms in total. The van der Waals surface area contributed by atoms with Gasteiger partial charge in [0.2, 0.25) is 5.75 Å². The van der Waals surface area contributed by atoms with Crippen LogP contribution in [0.1, 0.15) is 12.5 Å². The number of halogens is 1. The number of nitro groups is 1. The number of phenols is 1. The maximum atomic E-state index is 11.8. The topological polar surface area (TPSA) is 126 Å². The lowest BCUT2D eigenvalue weighted by atomic mass is 10.2. The van der Waals surface area contributed by atoms with E-state index in [4.69, 9.17) is 4.74 Å². The zero-order chi connectivity index (χ0) is 19.8. The maximum Gasteiger partial charge on any atom is 0.315 e. The van der Waals surface area contributed by atoms with Crippen molar-refractivity contribution in [3.63, 3.8) is 0 Å². The van der Waals surface area contributed by atoms with E-state index in [1.165, 1.54) is 12.3 Å². The number of aromatic hydroxyl groups is 1. The third-order valence-corrected chi connectivity index (χ3v) is 3.99. The molecular weight excluding hydrogens is 467 g/mol. The molecule has 0 aliphatic heterocycles. The standard InChI is InChI=1S/C17H17IN4O5/c1-2-27-15-8-11(7-14(17(15)24)22(25)26)9-20-21-16(23)10-19-13-5-3-12(18)4-6-13/h3-9,19,24H,2,10H2,1H3,(H,21,23)/b20-9-. The Labute approximate surface area is 168 Å². The fourth-order valence-electron chi connectivity index (χ4n) is 2.06. The molecule has 0 aliphatic rings. The van der Waals surface area contributed by atoms with Crippen LogP contribution in [0.25, 0.3) is 0 Å². The molecular formula is C17H17IN4O5. The first-order valence-electron chi connectivity index (χ1n) is 7.86. The fraction of sp³-hybridized carbons (Fsp3) is 0.176. The molecule has 2 aromatic carbocycles. The summed E-state index contributed by atoms with van der Waals surface area (Å²) in [4.78, 5) is 22.1. The van der Waals surface area contributed by atoms with E-state index in [9.17, 15) is 20.0 Å². The number of rotatable bonds is 8. The summed E-state index contributed by atoms with van der Waals surface area (Å²) in [5.41, 5.74) is 2.91. The van der Waals surface area contributed by atoms with Gasteiger partial charge in [0.15, 0.2) is 5.75 Å². The Morgan fingerprint density at radius 3 is 2.70 bits per heavy atom. The normalized spacial score (nSPS) is 10.6. The summed E-state index contributed by atoms with van der Waals surface area (Å²) in [5, 5.41) is 27.6. The molecule has 0 atom stereocenters. The molecule has 2 aromatic rings. The molecule has 0 heterocycles. The van der Waals surface area contributed by atoms with Gasteiger partial charge in [-0.15, -0.1) is 0 Å². The summed E-state index contributed by atoms with van der Waals surface area (Å²) in [6.07, 6.45) is 1.23. The Kier molecular flexibility index (Phi) is 7.34. The first-order valence-corrected chi connectivity index (χ1v) is 8.94. The average molecular weight is 484 g/mol. The van der Waals surface area contributed by atoms with E-state index < -0.39 is 16.4 Å². The monoisotopic (exact) mass is 484 g/mol. The maximum absolute atomic E-state index is 11.8. The van der Waals surface area contributed by atoms with Crippen LogP contribution >= 0.6 is 22.6 Å². The van der Waals surface area contributed by atoms with Gasteiger partial charge in [0.25, 0.3) is 5.91 Å². The Hall–Kier alpha value is -2.89. The predicted molar refractivity (Wildman–Crippen MR) is 109 cm³/mol. The molecule has 1 amide bonds. The summed E-state index contributed by atoms with van der Waals surface area (Å²) in [6, 6.07) is 10.0. The van der Waals surface area contributed by atoms with Gasteiger partial charge in [0, 0.05) is 20.9 Å². The second kappa shape index (κ2) is 9.71. The van der Waals surface area contributed by atoms with Crippen molar-refractivity contribution in [1.82, 2.24) is 5.43 Å². The predicted octanol–water partition coefficient (Wildman–Crippen LogP) is 2.87. The highest BCUT2D eigenvalue weighted by Crippen LogP contribution is 2.36. The Morgan fingerprint density at radius 2 is 2.07 bits per heavy atom. The molecule has 0 aliphatic carbocycles. The van der Waals surface area contributed by atoms with Crippen molar-refractivity contribution >= 4 is 46.1 Å². The SMILES string of the molecule is CCOc1cc(/C=N\NC(=O)CNc2ccc(I)cc2)cc([N+](=O)[O-])c1O. The number of ether oxygens (including phenoxy) is 1. The van der Waals surface area contributed by atoms with Crippen LogP contribution in [-0.2, 0) is 4.79 Å². The summed E-state index contributed by atoms with van der Waals surface area (Å²) in [6.45, 7) is 1.93. The Bertz CT molecular complexity index is 855. The van der Waals surface area contributed by atoms with Crippen LogP contribution in [0.3, 0.4) is 0 Å². The number of hydrogen-bond acceptors (Lipinski definition) is 7. The highest BCUT2D eigenvalue weighted by atomic mass is 127. The minimum absolute atomic E-state index is 0.0118. The van der Waals surface area contributed by atoms with Crippen LogP contribution < -0.4 is 15.5 Å². The van der Waals surface area contributed by atoms with Crippen LogP contribution in [0.15, 0.2) is 41.5 Å². The third-order valence-electron chi connectivity index (χ3n) is 3.27. The van der Waals surface area contributed by atoms with Crippen molar-refractivity contribution < 1.29 is 19.6 Å². The van der Waals surface area contributed by atoms with Gasteiger partial charge < -0.3 is 15.2 Å². The van der Waals surface area contributed by atoms with E-state index in [1.54, 1.807) is 6.92 Å². The number of hydrogen-bond donors (Lipinski definition) is 3. The van der Waals surface area contributed by atoms with E-state index in [-0.39, 0.29) is 24.8 Å². The number of nitrogens with zero attached hydrogens (tertiary/aromatic N) is 2. The smallest absolute Gasteiger partial charge is 0.315 e. The summed E-state index contributed by atoms with van der Waals surface area (Å²) in [5.74, 6) is -0.965. The average Bonchev–Trinajstić information content (AvgIpc) is 2.63. The highest BCUT2D eigenvalue weighted by molar-refractivity contribution is 14.1. The molecule has 3 N–H and O–H groups in total. The molecule has 0 radical (unpaired) electrons. The van der Waals surface area contributed by atoms with Crippen molar-refractivity contribution in [3.05, 3.63) is 55.6 Å². The number of nitro benzene ring substituents is 1.